The molecule has 4 nitrogen and oxygen atoms in total. The second kappa shape index (κ2) is 4.24. The van der Waals surface area contributed by atoms with Crippen LogP contribution in [-0.2, 0) is 0 Å². The van der Waals surface area contributed by atoms with E-state index in [4.69, 9.17) is 0 Å². The lowest BCUT2D eigenvalue weighted by molar-refractivity contribution is 0.993. The van der Waals surface area contributed by atoms with Crippen LogP contribution in [0.2, 0.25) is 0 Å². The fourth-order valence-corrected chi connectivity index (χ4v) is 2.48. The Balaban J connectivity index is 2.63. The Morgan fingerprint density at radius 1 is 1.13 bits per heavy atom. The van der Waals surface area contributed by atoms with Gasteiger partial charge >= 0.3 is 0 Å². The molecule has 0 bridgehead atoms. The van der Waals surface area contributed by atoms with Gasteiger partial charge in [-0.2, -0.15) is 5.10 Å². The second-order valence-electron chi connectivity index (χ2n) is 2.78. The van der Waals surface area contributed by atoms with Crippen LogP contribution in [0.25, 0.3) is 11.3 Å². The minimum atomic E-state index is -0.222. The van der Waals surface area contributed by atoms with Crippen LogP contribution in [0.1, 0.15) is 0 Å². The molecular weight excluding hydrogens is 326 g/mol. The van der Waals surface area contributed by atoms with Crippen molar-refractivity contribution in [3.8, 4) is 11.3 Å². The van der Waals surface area contributed by atoms with E-state index in [0.717, 1.165) is 14.5 Å². The predicted molar refractivity (Wildman–Crippen MR) is 63.5 cm³/mol. The molecule has 1 N–H and O–H groups in total. The Kier molecular flexibility index (Phi) is 2.97. The van der Waals surface area contributed by atoms with Gasteiger partial charge in [-0.3, -0.25) is 9.78 Å². The second-order valence-corrected chi connectivity index (χ2v) is 4.49. The third-order valence-corrected chi connectivity index (χ3v) is 2.99. The molecule has 2 aromatic heterocycles. The monoisotopic (exact) mass is 329 g/mol. The molecule has 2 heterocycles. The first-order valence-corrected chi connectivity index (χ1v) is 5.62. The smallest absolute Gasteiger partial charge is 0.264 e. The van der Waals surface area contributed by atoms with Crippen LogP contribution in [0, 0.1) is 0 Å². The number of hydrogen-bond acceptors (Lipinski definition) is 3. The zero-order valence-corrected chi connectivity index (χ0v) is 10.5. The molecule has 76 valence electrons. The summed E-state index contributed by atoms with van der Waals surface area (Å²) in [6.07, 6.45) is 3.35. The van der Waals surface area contributed by atoms with Crippen molar-refractivity contribution in [1.29, 1.82) is 0 Å². The third kappa shape index (κ3) is 2.15. The zero-order valence-electron chi connectivity index (χ0n) is 7.37. The van der Waals surface area contributed by atoms with Gasteiger partial charge in [0.2, 0.25) is 0 Å². The summed E-state index contributed by atoms with van der Waals surface area (Å²) >= 11 is 6.76. The van der Waals surface area contributed by atoms with E-state index >= 15 is 0 Å². The maximum atomic E-state index is 10.9. The summed E-state index contributed by atoms with van der Waals surface area (Å²) in [5, 5.41) is 6.33. The number of aromatic nitrogens is 3. The lowest BCUT2D eigenvalue weighted by atomic mass is 10.2. The molecule has 2 aromatic rings. The molecule has 0 fully saturated rings. The molecule has 0 saturated carbocycles. The first-order chi connectivity index (χ1) is 7.18. The first-order valence-electron chi connectivity index (χ1n) is 4.03. The van der Waals surface area contributed by atoms with Crippen molar-refractivity contribution in [2.75, 3.05) is 0 Å². The summed E-state index contributed by atoms with van der Waals surface area (Å²) in [6, 6.07) is 3.09. The Labute approximate surface area is 102 Å². The van der Waals surface area contributed by atoms with Crippen molar-refractivity contribution >= 4 is 31.9 Å². The molecule has 0 spiro atoms. The fraction of sp³-hybridized carbons (Fsp3) is 0. The minimum Gasteiger partial charge on any atom is -0.268 e. The van der Waals surface area contributed by atoms with E-state index in [1.165, 1.54) is 6.07 Å². The molecule has 0 saturated heterocycles. The molecular formula is C9H5Br2N3O. The lowest BCUT2D eigenvalue weighted by Crippen LogP contribution is -2.05. The van der Waals surface area contributed by atoms with Crippen molar-refractivity contribution in [2.45, 2.75) is 0 Å². The van der Waals surface area contributed by atoms with Gasteiger partial charge < -0.3 is 0 Å². The summed E-state index contributed by atoms with van der Waals surface area (Å²) in [4.78, 5) is 14.9. The summed E-state index contributed by atoms with van der Waals surface area (Å²) in [6.45, 7) is 0. The van der Waals surface area contributed by atoms with Crippen molar-refractivity contribution in [1.82, 2.24) is 15.2 Å². The zero-order chi connectivity index (χ0) is 10.8. The predicted octanol–water partition coefficient (Wildman–Crippen LogP) is 2.36. The number of aromatic amines is 1. The molecule has 0 aliphatic carbocycles. The molecule has 0 radical (unpaired) electrons. The molecule has 0 amide bonds. The van der Waals surface area contributed by atoms with Gasteiger partial charge in [-0.05, 0) is 37.9 Å². The maximum absolute atomic E-state index is 10.9. The summed E-state index contributed by atoms with van der Waals surface area (Å²) in [7, 11) is 0. The third-order valence-electron chi connectivity index (χ3n) is 1.79. The number of rotatable bonds is 1. The van der Waals surface area contributed by atoms with Gasteiger partial charge in [0.15, 0.2) is 0 Å². The van der Waals surface area contributed by atoms with Gasteiger partial charge in [0.25, 0.3) is 5.56 Å². The number of H-pyrrole nitrogens is 1. The highest BCUT2D eigenvalue weighted by atomic mass is 79.9. The fourth-order valence-electron chi connectivity index (χ4n) is 1.14. The van der Waals surface area contributed by atoms with Crippen molar-refractivity contribution in [2.24, 2.45) is 0 Å². The minimum absolute atomic E-state index is 0.222. The average molecular weight is 331 g/mol. The van der Waals surface area contributed by atoms with Gasteiger partial charge in [-0.15, -0.1) is 0 Å². The van der Waals surface area contributed by atoms with Crippen molar-refractivity contribution in [3.05, 3.63) is 43.8 Å². The van der Waals surface area contributed by atoms with Gasteiger partial charge in [-0.25, -0.2) is 5.10 Å². The van der Waals surface area contributed by atoms with Gasteiger partial charge in [0, 0.05) is 33.0 Å². The number of pyridine rings is 1. The Bertz CT molecular complexity index is 513. The molecule has 2 rings (SSSR count). The van der Waals surface area contributed by atoms with E-state index in [1.807, 2.05) is 0 Å². The largest absolute Gasteiger partial charge is 0.268 e. The molecule has 0 aromatic carbocycles. The summed E-state index contributed by atoms with van der Waals surface area (Å²) in [5.74, 6) is 0. The van der Waals surface area contributed by atoms with Crippen LogP contribution in [-0.4, -0.2) is 15.2 Å². The number of halogens is 2. The van der Waals surface area contributed by atoms with Crippen LogP contribution in [0.3, 0.4) is 0 Å². The van der Waals surface area contributed by atoms with Crippen LogP contribution < -0.4 is 5.56 Å². The van der Waals surface area contributed by atoms with Crippen LogP contribution in [0.15, 0.2) is 38.3 Å². The Hall–Kier alpha value is -1.01. The van der Waals surface area contributed by atoms with E-state index in [1.54, 1.807) is 18.5 Å². The Morgan fingerprint density at radius 3 is 2.33 bits per heavy atom. The SMILES string of the molecule is O=c1ccc(-c2c(Br)cncc2Br)n[nH]1. The van der Waals surface area contributed by atoms with Crippen molar-refractivity contribution in [3.63, 3.8) is 0 Å². The topological polar surface area (TPSA) is 58.6 Å². The van der Waals surface area contributed by atoms with Gasteiger partial charge in [-0.1, -0.05) is 0 Å². The number of nitrogens with zero attached hydrogens (tertiary/aromatic N) is 2. The lowest BCUT2D eigenvalue weighted by Gasteiger charge is -2.04. The summed E-state index contributed by atoms with van der Waals surface area (Å²) in [5.41, 5.74) is 1.32. The van der Waals surface area contributed by atoms with E-state index in [9.17, 15) is 4.79 Å². The van der Waals surface area contributed by atoms with Crippen LogP contribution in [0.4, 0.5) is 0 Å². The van der Waals surface area contributed by atoms with Crippen molar-refractivity contribution < 1.29 is 0 Å². The van der Waals surface area contributed by atoms with E-state index in [-0.39, 0.29) is 5.56 Å². The van der Waals surface area contributed by atoms with Gasteiger partial charge in [0.1, 0.15) is 0 Å². The molecule has 15 heavy (non-hydrogen) atoms. The molecule has 0 aliphatic heterocycles. The highest BCUT2D eigenvalue weighted by molar-refractivity contribution is 9.11. The molecule has 0 unspecified atom stereocenters. The van der Waals surface area contributed by atoms with E-state index < -0.39 is 0 Å². The normalized spacial score (nSPS) is 10.3. The molecule has 6 heteroatoms. The van der Waals surface area contributed by atoms with Gasteiger partial charge in [0.05, 0.1) is 5.69 Å². The average Bonchev–Trinajstić information content (AvgIpc) is 2.20. The molecule has 0 atom stereocenters. The first kappa shape index (κ1) is 10.5. The highest BCUT2D eigenvalue weighted by Crippen LogP contribution is 2.31. The quantitative estimate of drug-likeness (QED) is 0.873. The highest BCUT2D eigenvalue weighted by Gasteiger charge is 2.09. The van der Waals surface area contributed by atoms with E-state index in [2.05, 4.69) is 47.0 Å². The number of nitrogens with one attached hydrogen (secondary N) is 1. The van der Waals surface area contributed by atoms with E-state index in [0.29, 0.717) is 5.69 Å². The maximum Gasteiger partial charge on any atom is 0.264 e. The molecule has 0 aliphatic rings. The van der Waals surface area contributed by atoms with Crippen LogP contribution in [0.5, 0.6) is 0 Å². The van der Waals surface area contributed by atoms with Crippen LogP contribution >= 0.6 is 31.9 Å². The number of hydrogen-bond donors (Lipinski definition) is 1. The summed E-state index contributed by atoms with van der Waals surface area (Å²) < 4.78 is 1.63. The Morgan fingerprint density at radius 2 is 1.80 bits per heavy atom. The standard InChI is InChI=1S/C9H5Br2N3O/c10-5-3-12-4-6(11)9(5)7-1-2-8(15)14-13-7/h1-4H,(H,14,15).